The predicted molar refractivity (Wildman–Crippen MR) is 94.7 cm³/mol. The molecule has 1 saturated carbocycles. The van der Waals surface area contributed by atoms with Crippen molar-refractivity contribution in [2.24, 2.45) is 4.99 Å². The van der Waals surface area contributed by atoms with Gasteiger partial charge in [-0.2, -0.15) is 0 Å². The van der Waals surface area contributed by atoms with E-state index in [1.165, 1.54) is 12.8 Å². The molecule has 126 valence electrons. The van der Waals surface area contributed by atoms with E-state index in [1.807, 2.05) is 24.3 Å². The fourth-order valence-corrected chi connectivity index (χ4v) is 2.62. The minimum Gasteiger partial charge on any atom is -0.354 e. The lowest BCUT2D eigenvalue weighted by molar-refractivity contribution is -0.127. The summed E-state index contributed by atoms with van der Waals surface area (Å²) in [6.45, 7) is 0.793. The maximum absolute atomic E-state index is 11.8. The molecule has 2 rings (SSSR count). The molecule has 0 heterocycles. The number of aliphatic imine (C=N–C) groups is 1. The maximum Gasteiger partial charge on any atom is 0.241 e. The molecule has 0 aromatic heterocycles. The third-order valence-corrected chi connectivity index (χ3v) is 4.19. The van der Waals surface area contributed by atoms with Gasteiger partial charge in [-0.25, -0.2) is 4.99 Å². The number of hydrogen-bond acceptors (Lipinski definition) is 2. The quantitative estimate of drug-likeness (QED) is 0.641. The third kappa shape index (κ3) is 6.10. The molecule has 0 saturated heterocycles. The predicted octanol–water partition coefficient (Wildman–Crippen LogP) is 2.41. The minimum absolute atomic E-state index is 0.0254. The van der Waals surface area contributed by atoms with Gasteiger partial charge >= 0.3 is 0 Å². The van der Waals surface area contributed by atoms with Gasteiger partial charge in [-0.3, -0.25) is 4.79 Å². The lowest BCUT2D eigenvalue weighted by Crippen LogP contribution is -2.46. The lowest BCUT2D eigenvalue weighted by Gasteiger charge is -2.18. The van der Waals surface area contributed by atoms with E-state index in [2.05, 4.69) is 15.6 Å². The summed E-state index contributed by atoms with van der Waals surface area (Å²) < 4.78 is 0. The second-order valence-corrected chi connectivity index (χ2v) is 6.50. The number of carbonyl (C=O) groups excluding carboxylic acids is 1. The molecule has 0 spiro atoms. The summed E-state index contributed by atoms with van der Waals surface area (Å²) in [6, 6.07) is 8.09. The number of hydrogen-bond donors (Lipinski definition) is 2. The van der Waals surface area contributed by atoms with Crippen LogP contribution in [0.4, 0.5) is 0 Å². The molecule has 0 unspecified atom stereocenters. The summed E-state index contributed by atoms with van der Waals surface area (Å²) in [5.74, 6) is 0.722. The zero-order chi connectivity index (χ0) is 16.7. The molecule has 0 radical (unpaired) electrons. The van der Waals surface area contributed by atoms with Crippen LogP contribution in [0.2, 0.25) is 5.02 Å². The van der Waals surface area contributed by atoms with Crippen LogP contribution in [0.15, 0.2) is 29.3 Å². The molecule has 1 fully saturated rings. The Bertz CT molecular complexity index is 536. The molecule has 23 heavy (non-hydrogen) atoms. The highest BCUT2D eigenvalue weighted by atomic mass is 35.5. The zero-order valence-corrected chi connectivity index (χ0v) is 14.6. The fourth-order valence-electron chi connectivity index (χ4n) is 2.49. The van der Waals surface area contributed by atoms with E-state index in [0.29, 0.717) is 18.5 Å². The first-order valence-corrected chi connectivity index (χ1v) is 8.42. The molecule has 1 amide bonds. The van der Waals surface area contributed by atoms with Gasteiger partial charge in [0.1, 0.15) is 0 Å². The van der Waals surface area contributed by atoms with Crippen LogP contribution in [-0.4, -0.2) is 43.4 Å². The van der Waals surface area contributed by atoms with Crippen LogP contribution in [0.5, 0.6) is 0 Å². The third-order valence-electron chi connectivity index (χ3n) is 3.93. The number of guanidine groups is 1. The first-order chi connectivity index (χ1) is 11.0. The lowest BCUT2D eigenvalue weighted by atomic mass is 10.2. The molecule has 1 aromatic carbocycles. The Balaban J connectivity index is 1.97. The average Bonchev–Trinajstić information content (AvgIpc) is 3.04. The Hall–Kier alpha value is -1.75. The van der Waals surface area contributed by atoms with Crippen LogP contribution < -0.4 is 10.6 Å². The van der Waals surface area contributed by atoms with Crippen molar-refractivity contribution in [3.63, 3.8) is 0 Å². The molecule has 1 aliphatic rings. The van der Waals surface area contributed by atoms with Crippen molar-refractivity contribution < 1.29 is 4.79 Å². The number of benzene rings is 1. The van der Waals surface area contributed by atoms with Crippen LogP contribution in [0.3, 0.4) is 0 Å². The van der Waals surface area contributed by atoms with Gasteiger partial charge in [0.2, 0.25) is 5.91 Å². The van der Waals surface area contributed by atoms with Crippen LogP contribution in [0.1, 0.15) is 31.2 Å². The zero-order valence-electron chi connectivity index (χ0n) is 13.8. The number of rotatable bonds is 5. The summed E-state index contributed by atoms with van der Waals surface area (Å²) in [4.78, 5) is 17.9. The van der Waals surface area contributed by atoms with Gasteiger partial charge in [0.05, 0.1) is 13.1 Å². The topological polar surface area (TPSA) is 56.7 Å². The Morgan fingerprint density at radius 3 is 2.52 bits per heavy atom. The number of likely N-dealkylation sites (N-methyl/N-ethyl adjacent to an activating group) is 1. The monoisotopic (exact) mass is 336 g/mol. The Labute approximate surface area is 143 Å². The summed E-state index contributed by atoms with van der Waals surface area (Å²) in [5, 5.41) is 7.28. The van der Waals surface area contributed by atoms with Crippen molar-refractivity contribution >= 4 is 23.5 Å². The SMILES string of the molecule is CN(C)C(=O)CNC(=NCc1ccc(Cl)cc1)NC1CCCC1. The largest absolute Gasteiger partial charge is 0.354 e. The van der Waals surface area contributed by atoms with E-state index in [0.717, 1.165) is 23.4 Å². The van der Waals surface area contributed by atoms with E-state index in [9.17, 15) is 4.79 Å². The summed E-state index contributed by atoms with van der Waals surface area (Å²) in [7, 11) is 3.50. The van der Waals surface area contributed by atoms with E-state index in [-0.39, 0.29) is 12.5 Å². The Morgan fingerprint density at radius 1 is 1.26 bits per heavy atom. The minimum atomic E-state index is 0.0254. The van der Waals surface area contributed by atoms with Crippen LogP contribution in [0, 0.1) is 0 Å². The van der Waals surface area contributed by atoms with Gasteiger partial charge in [0.15, 0.2) is 5.96 Å². The van der Waals surface area contributed by atoms with E-state index in [1.54, 1.807) is 19.0 Å². The van der Waals surface area contributed by atoms with E-state index in [4.69, 9.17) is 11.6 Å². The number of nitrogens with one attached hydrogen (secondary N) is 2. The van der Waals surface area contributed by atoms with Gasteiger partial charge in [-0.05, 0) is 30.5 Å². The number of halogens is 1. The molecule has 1 aromatic rings. The molecule has 6 heteroatoms. The molecule has 1 aliphatic carbocycles. The van der Waals surface area contributed by atoms with Crippen LogP contribution in [-0.2, 0) is 11.3 Å². The van der Waals surface area contributed by atoms with Crippen molar-refractivity contribution in [3.05, 3.63) is 34.9 Å². The first-order valence-electron chi connectivity index (χ1n) is 8.04. The van der Waals surface area contributed by atoms with Gasteiger partial charge in [-0.1, -0.05) is 36.6 Å². The average molecular weight is 337 g/mol. The normalized spacial score (nSPS) is 15.5. The standard InChI is InChI=1S/C17H25ClN4O/c1-22(2)16(23)12-20-17(21-15-5-3-4-6-15)19-11-13-7-9-14(18)10-8-13/h7-10,15H,3-6,11-12H2,1-2H3,(H2,19,20,21). The smallest absolute Gasteiger partial charge is 0.241 e. The molecular weight excluding hydrogens is 312 g/mol. The summed E-state index contributed by atoms with van der Waals surface area (Å²) in [5.41, 5.74) is 1.08. The van der Waals surface area contributed by atoms with Crippen molar-refractivity contribution in [1.29, 1.82) is 0 Å². The van der Waals surface area contributed by atoms with Crippen molar-refractivity contribution in [2.45, 2.75) is 38.3 Å². The van der Waals surface area contributed by atoms with Crippen molar-refractivity contribution in [1.82, 2.24) is 15.5 Å². The van der Waals surface area contributed by atoms with E-state index < -0.39 is 0 Å². The second kappa shape index (κ2) is 8.77. The van der Waals surface area contributed by atoms with Crippen LogP contribution in [0.25, 0.3) is 0 Å². The summed E-state index contributed by atoms with van der Waals surface area (Å²) >= 11 is 5.90. The first kappa shape index (κ1) is 17.6. The van der Waals surface area contributed by atoms with Crippen LogP contribution >= 0.6 is 11.6 Å². The number of amides is 1. The fraction of sp³-hybridized carbons (Fsp3) is 0.529. The van der Waals surface area contributed by atoms with E-state index >= 15 is 0 Å². The van der Waals surface area contributed by atoms with Crippen molar-refractivity contribution in [2.75, 3.05) is 20.6 Å². The van der Waals surface area contributed by atoms with Gasteiger partial charge in [0, 0.05) is 25.2 Å². The molecule has 0 aliphatic heterocycles. The molecule has 5 nitrogen and oxygen atoms in total. The van der Waals surface area contributed by atoms with Gasteiger partial charge < -0.3 is 15.5 Å². The van der Waals surface area contributed by atoms with Crippen molar-refractivity contribution in [3.8, 4) is 0 Å². The maximum atomic E-state index is 11.8. The highest BCUT2D eigenvalue weighted by molar-refractivity contribution is 6.30. The van der Waals surface area contributed by atoms with Gasteiger partial charge in [0.25, 0.3) is 0 Å². The highest BCUT2D eigenvalue weighted by Gasteiger charge is 2.16. The molecular formula is C17H25ClN4O. The highest BCUT2D eigenvalue weighted by Crippen LogP contribution is 2.17. The Morgan fingerprint density at radius 2 is 1.91 bits per heavy atom. The Kier molecular flexibility index (Phi) is 6.71. The molecule has 0 atom stereocenters. The summed E-state index contributed by atoms with van der Waals surface area (Å²) in [6.07, 6.45) is 4.81. The molecule has 0 bridgehead atoms. The number of nitrogens with zero attached hydrogens (tertiary/aromatic N) is 2. The molecule has 2 N–H and O–H groups in total. The second-order valence-electron chi connectivity index (χ2n) is 6.06. The van der Waals surface area contributed by atoms with Gasteiger partial charge in [-0.15, -0.1) is 0 Å². The number of carbonyl (C=O) groups is 1.